The number of benzene rings is 1. The highest BCUT2D eigenvalue weighted by Gasteiger charge is 2.46. The van der Waals surface area contributed by atoms with Crippen LogP contribution in [0.25, 0.3) is 0 Å². The lowest BCUT2D eigenvalue weighted by Crippen LogP contribution is -2.36. The second-order valence-corrected chi connectivity index (χ2v) is 6.19. The Kier molecular flexibility index (Phi) is 3.43. The molecule has 2 heterocycles. The Labute approximate surface area is 125 Å². The Balaban J connectivity index is 1.39. The fourth-order valence-corrected chi connectivity index (χ4v) is 3.51. The molecule has 3 aliphatic rings. The molecule has 1 saturated heterocycles. The third-order valence-corrected chi connectivity index (χ3v) is 4.71. The fraction of sp³-hybridized carbons (Fsp3) is 0.588. The van der Waals surface area contributed by atoms with Crippen LogP contribution in [0.3, 0.4) is 0 Å². The highest BCUT2D eigenvalue weighted by molar-refractivity contribution is 6.01. The van der Waals surface area contributed by atoms with Crippen LogP contribution in [-0.2, 0) is 14.3 Å². The number of hydrogen-bond donors (Lipinski definition) is 0. The molecule has 0 radical (unpaired) electrons. The van der Waals surface area contributed by atoms with Crippen molar-refractivity contribution in [1.82, 2.24) is 0 Å². The largest absolute Gasteiger partial charge is 0.389 e. The summed E-state index contributed by atoms with van der Waals surface area (Å²) in [7, 11) is 0. The van der Waals surface area contributed by atoms with Crippen molar-refractivity contribution < 1.29 is 14.3 Å². The third kappa shape index (κ3) is 2.58. The lowest BCUT2D eigenvalue weighted by atomic mass is 9.94. The first-order valence-electron chi connectivity index (χ1n) is 7.95. The minimum absolute atomic E-state index is 0.00747. The zero-order valence-electron chi connectivity index (χ0n) is 12.2. The van der Waals surface area contributed by atoms with Gasteiger partial charge in [0.05, 0.1) is 12.3 Å². The summed E-state index contributed by atoms with van der Waals surface area (Å²) in [4.78, 5) is 5.62. The molecule has 4 rings (SSSR count). The Morgan fingerprint density at radius 2 is 1.81 bits per heavy atom. The minimum atomic E-state index is -0.332. The molecule has 1 aliphatic carbocycles. The van der Waals surface area contributed by atoms with E-state index in [1.54, 1.807) is 0 Å². The summed E-state index contributed by atoms with van der Waals surface area (Å²) < 4.78 is 12.2. The first-order chi connectivity index (χ1) is 10.3. The highest BCUT2D eigenvalue weighted by atomic mass is 16.8. The van der Waals surface area contributed by atoms with Gasteiger partial charge in [-0.3, -0.25) is 0 Å². The lowest BCUT2D eigenvalue weighted by molar-refractivity contribution is -0.197. The average Bonchev–Trinajstić information content (AvgIpc) is 3.17. The van der Waals surface area contributed by atoms with Gasteiger partial charge in [-0.25, -0.2) is 0 Å². The topological polar surface area (TPSA) is 40.0 Å². The van der Waals surface area contributed by atoms with Gasteiger partial charge in [-0.1, -0.05) is 41.9 Å². The van der Waals surface area contributed by atoms with Crippen molar-refractivity contribution in [1.29, 1.82) is 0 Å². The maximum atomic E-state index is 6.24. The van der Waals surface area contributed by atoms with Crippen LogP contribution in [0, 0.1) is 0 Å². The van der Waals surface area contributed by atoms with Gasteiger partial charge < -0.3 is 14.3 Å². The van der Waals surface area contributed by atoms with E-state index in [-0.39, 0.29) is 18.0 Å². The Hall–Kier alpha value is -1.39. The molecular weight excluding hydrogens is 266 g/mol. The van der Waals surface area contributed by atoms with Crippen molar-refractivity contribution in [2.75, 3.05) is 6.61 Å². The molecule has 2 aliphatic heterocycles. The quantitative estimate of drug-likeness (QED) is 0.838. The van der Waals surface area contributed by atoms with Crippen LogP contribution < -0.4 is 0 Å². The van der Waals surface area contributed by atoms with Gasteiger partial charge >= 0.3 is 0 Å². The van der Waals surface area contributed by atoms with Gasteiger partial charge in [-0.15, -0.1) is 0 Å². The first kappa shape index (κ1) is 13.3. The summed E-state index contributed by atoms with van der Waals surface area (Å²) >= 11 is 0. The molecular formula is C17H21NO3. The number of rotatable bonds is 2. The maximum Gasteiger partial charge on any atom is 0.169 e. The molecule has 4 heteroatoms. The van der Waals surface area contributed by atoms with Crippen LogP contribution in [0.15, 0.2) is 35.5 Å². The van der Waals surface area contributed by atoms with Gasteiger partial charge in [0.25, 0.3) is 0 Å². The molecule has 0 unspecified atom stereocenters. The monoisotopic (exact) mass is 287 g/mol. The molecule has 112 valence electrons. The molecule has 0 amide bonds. The van der Waals surface area contributed by atoms with E-state index in [4.69, 9.17) is 14.3 Å². The zero-order chi connectivity index (χ0) is 14.1. The molecule has 2 fully saturated rings. The minimum Gasteiger partial charge on any atom is -0.389 e. The lowest BCUT2D eigenvalue weighted by Gasteiger charge is -2.32. The molecule has 2 atom stereocenters. The molecule has 0 N–H and O–H groups in total. The second-order valence-electron chi connectivity index (χ2n) is 6.19. The normalized spacial score (nSPS) is 31.1. The van der Waals surface area contributed by atoms with E-state index in [2.05, 4.69) is 17.3 Å². The third-order valence-electron chi connectivity index (χ3n) is 4.71. The number of oxime groups is 1. The average molecular weight is 287 g/mol. The standard InChI is InChI=1S/C17H21NO3/c1-3-7-13(8-4-1)14-11-15(21-18-14)16-12-19-17(20-16)9-5-2-6-10-17/h1,3-4,7-8,15-16H,2,5-6,9-12H2/t15-,16-/m1/s1. The van der Waals surface area contributed by atoms with Crippen LogP contribution in [0.4, 0.5) is 0 Å². The summed E-state index contributed by atoms with van der Waals surface area (Å²) in [6.07, 6.45) is 6.52. The predicted molar refractivity (Wildman–Crippen MR) is 79.1 cm³/mol. The van der Waals surface area contributed by atoms with E-state index in [9.17, 15) is 0 Å². The van der Waals surface area contributed by atoms with Gasteiger partial charge in [-0.05, 0) is 18.4 Å². The van der Waals surface area contributed by atoms with Crippen LogP contribution in [0.1, 0.15) is 44.1 Å². The number of nitrogens with zero attached hydrogens (tertiary/aromatic N) is 1. The Morgan fingerprint density at radius 1 is 1.00 bits per heavy atom. The molecule has 0 aromatic heterocycles. The molecule has 1 aromatic carbocycles. The summed E-state index contributed by atoms with van der Waals surface area (Å²) in [6.45, 7) is 0.627. The molecule has 1 saturated carbocycles. The second kappa shape index (κ2) is 5.43. The summed E-state index contributed by atoms with van der Waals surface area (Å²) in [5, 5.41) is 4.25. The van der Waals surface area contributed by atoms with Crippen molar-refractivity contribution in [2.24, 2.45) is 5.16 Å². The molecule has 4 nitrogen and oxygen atoms in total. The van der Waals surface area contributed by atoms with Crippen LogP contribution in [0.5, 0.6) is 0 Å². The Bertz CT molecular complexity index is 522. The van der Waals surface area contributed by atoms with Gasteiger partial charge in [-0.2, -0.15) is 0 Å². The summed E-state index contributed by atoms with van der Waals surface area (Å²) in [5.74, 6) is -0.332. The highest BCUT2D eigenvalue weighted by Crippen LogP contribution is 2.39. The van der Waals surface area contributed by atoms with E-state index in [1.165, 1.54) is 19.3 Å². The van der Waals surface area contributed by atoms with Gasteiger partial charge in [0.15, 0.2) is 11.9 Å². The van der Waals surface area contributed by atoms with Crippen LogP contribution >= 0.6 is 0 Å². The van der Waals surface area contributed by atoms with E-state index in [0.717, 1.165) is 30.5 Å². The predicted octanol–water partition coefficient (Wildman–Crippen LogP) is 3.26. The molecule has 21 heavy (non-hydrogen) atoms. The smallest absolute Gasteiger partial charge is 0.169 e. The van der Waals surface area contributed by atoms with Crippen molar-refractivity contribution in [3.63, 3.8) is 0 Å². The van der Waals surface area contributed by atoms with Crippen molar-refractivity contribution in [3.8, 4) is 0 Å². The molecule has 1 spiro atoms. The number of ether oxygens (including phenoxy) is 2. The van der Waals surface area contributed by atoms with E-state index >= 15 is 0 Å². The van der Waals surface area contributed by atoms with E-state index in [0.29, 0.717) is 6.61 Å². The van der Waals surface area contributed by atoms with Gasteiger partial charge in [0.2, 0.25) is 0 Å². The fourth-order valence-electron chi connectivity index (χ4n) is 3.51. The van der Waals surface area contributed by atoms with Crippen molar-refractivity contribution in [3.05, 3.63) is 35.9 Å². The van der Waals surface area contributed by atoms with Crippen LogP contribution in [0.2, 0.25) is 0 Å². The SMILES string of the molecule is c1ccc(C2=NO[C@@H]([C@H]3COC4(CCCCC4)O3)C2)cc1. The summed E-state index contributed by atoms with van der Waals surface area (Å²) in [5.41, 5.74) is 2.14. The Morgan fingerprint density at radius 3 is 2.62 bits per heavy atom. The summed E-state index contributed by atoms with van der Waals surface area (Å²) in [6, 6.07) is 10.2. The molecule has 1 aromatic rings. The maximum absolute atomic E-state index is 6.24. The number of hydrogen-bond acceptors (Lipinski definition) is 4. The van der Waals surface area contributed by atoms with Crippen molar-refractivity contribution in [2.45, 2.75) is 56.5 Å². The van der Waals surface area contributed by atoms with Crippen LogP contribution in [-0.4, -0.2) is 30.3 Å². The van der Waals surface area contributed by atoms with Crippen molar-refractivity contribution >= 4 is 5.71 Å². The van der Waals surface area contributed by atoms with E-state index < -0.39 is 0 Å². The van der Waals surface area contributed by atoms with Gasteiger partial charge in [0, 0.05) is 19.3 Å². The molecule has 0 bridgehead atoms. The first-order valence-corrected chi connectivity index (χ1v) is 7.95. The van der Waals surface area contributed by atoms with Gasteiger partial charge in [0.1, 0.15) is 6.10 Å². The zero-order valence-corrected chi connectivity index (χ0v) is 12.2. The van der Waals surface area contributed by atoms with E-state index in [1.807, 2.05) is 18.2 Å².